The SMILES string of the molecule is COc1ccccc1-c1nc(C(=O)N2CCN(CCCc3nc(-c4cccs4)no3)CC2)cs1. The number of piperazine rings is 1. The minimum atomic E-state index is -0.0102. The molecule has 4 heterocycles. The number of rotatable bonds is 8. The van der Waals surface area contributed by atoms with Gasteiger partial charge < -0.3 is 14.2 Å². The van der Waals surface area contributed by atoms with Gasteiger partial charge in [-0.1, -0.05) is 23.4 Å². The van der Waals surface area contributed by atoms with Crippen molar-refractivity contribution in [2.24, 2.45) is 0 Å². The van der Waals surface area contributed by atoms with Crippen LogP contribution < -0.4 is 4.74 Å². The second kappa shape index (κ2) is 10.5. The normalized spacial score (nSPS) is 14.4. The van der Waals surface area contributed by atoms with Crippen molar-refractivity contribution in [3.8, 4) is 27.0 Å². The first-order chi connectivity index (χ1) is 16.7. The van der Waals surface area contributed by atoms with Gasteiger partial charge in [0.15, 0.2) is 0 Å². The van der Waals surface area contributed by atoms with Crippen LogP contribution in [0.2, 0.25) is 0 Å². The highest BCUT2D eigenvalue weighted by Crippen LogP contribution is 2.32. The van der Waals surface area contributed by atoms with Gasteiger partial charge in [0, 0.05) is 38.0 Å². The molecule has 0 aliphatic carbocycles. The number of aryl methyl sites for hydroxylation is 1. The van der Waals surface area contributed by atoms with Crippen LogP contribution >= 0.6 is 22.7 Å². The van der Waals surface area contributed by atoms with Gasteiger partial charge in [-0.2, -0.15) is 4.98 Å². The quantitative estimate of drug-likeness (QED) is 0.360. The average Bonchev–Trinajstić information content (AvgIpc) is 3.66. The number of aromatic nitrogens is 3. The summed E-state index contributed by atoms with van der Waals surface area (Å²) in [5, 5.41) is 8.70. The number of ether oxygens (including phenoxy) is 1. The molecule has 10 heteroatoms. The van der Waals surface area contributed by atoms with E-state index in [1.165, 1.54) is 11.3 Å². The maximum atomic E-state index is 13.0. The lowest BCUT2D eigenvalue weighted by atomic mass is 10.2. The van der Waals surface area contributed by atoms with Crippen molar-refractivity contribution in [1.29, 1.82) is 0 Å². The third-order valence-electron chi connectivity index (χ3n) is 5.79. The molecule has 1 fully saturated rings. The summed E-state index contributed by atoms with van der Waals surface area (Å²) in [6.45, 7) is 4.03. The van der Waals surface area contributed by atoms with E-state index in [0.717, 1.165) is 53.7 Å². The predicted octanol–water partition coefficient (Wildman–Crippen LogP) is 4.32. The number of carbonyl (C=O) groups excluding carboxylic acids is 1. The van der Waals surface area contributed by atoms with Gasteiger partial charge in [-0.05, 0) is 36.5 Å². The average molecular weight is 496 g/mol. The number of thiazole rings is 1. The molecular weight excluding hydrogens is 470 g/mol. The Bertz CT molecular complexity index is 1230. The summed E-state index contributed by atoms with van der Waals surface area (Å²) in [6.07, 6.45) is 1.69. The minimum Gasteiger partial charge on any atom is -0.496 e. The number of benzene rings is 1. The molecule has 0 radical (unpaired) electrons. The van der Waals surface area contributed by atoms with Crippen LogP contribution in [-0.2, 0) is 6.42 Å². The molecular formula is C24H25N5O3S2. The number of amides is 1. The van der Waals surface area contributed by atoms with Crippen molar-refractivity contribution in [3.63, 3.8) is 0 Å². The Hall–Kier alpha value is -3.08. The Morgan fingerprint density at radius 1 is 1.09 bits per heavy atom. The third-order valence-corrected chi connectivity index (χ3v) is 7.54. The number of hydrogen-bond acceptors (Lipinski definition) is 9. The fraction of sp³-hybridized carbons (Fsp3) is 0.333. The summed E-state index contributed by atoms with van der Waals surface area (Å²) in [6, 6.07) is 11.7. The van der Waals surface area contributed by atoms with Crippen LogP contribution in [0.1, 0.15) is 22.8 Å². The van der Waals surface area contributed by atoms with Gasteiger partial charge in [-0.15, -0.1) is 22.7 Å². The zero-order valence-electron chi connectivity index (χ0n) is 18.8. The lowest BCUT2D eigenvalue weighted by molar-refractivity contribution is 0.0630. The molecule has 0 N–H and O–H groups in total. The fourth-order valence-electron chi connectivity index (χ4n) is 3.97. The summed E-state index contributed by atoms with van der Waals surface area (Å²) < 4.78 is 10.8. The van der Waals surface area contributed by atoms with E-state index in [1.807, 2.05) is 52.1 Å². The zero-order chi connectivity index (χ0) is 23.3. The Kier molecular flexibility index (Phi) is 6.98. The number of methoxy groups -OCH3 is 1. The minimum absolute atomic E-state index is 0.0102. The fourth-order valence-corrected chi connectivity index (χ4v) is 5.44. The number of nitrogens with zero attached hydrogens (tertiary/aromatic N) is 5. The van der Waals surface area contributed by atoms with Crippen molar-refractivity contribution >= 4 is 28.6 Å². The number of thiophene rings is 1. The summed E-state index contributed by atoms with van der Waals surface area (Å²) in [5.41, 5.74) is 1.40. The van der Waals surface area contributed by atoms with Crippen LogP contribution in [0, 0.1) is 0 Å². The molecule has 3 aromatic heterocycles. The van der Waals surface area contributed by atoms with E-state index in [1.54, 1.807) is 18.4 Å². The topological polar surface area (TPSA) is 84.6 Å². The largest absolute Gasteiger partial charge is 0.496 e. The van der Waals surface area contributed by atoms with E-state index < -0.39 is 0 Å². The van der Waals surface area contributed by atoms with Crippen molar-refractivity contribution in [1.82, 2.24) is 24.9 Å². The lowest BCUT2D eigenvalue weighted by Gasteiger charge is -2.34. The summed E-state index contributed by atoms with van der Waals surface area (Å²) in [5.74, 6) is 2.08. The highest BCUT2D eigenvalue weighted by atomic mass is 32.1. The van der Waals surface area contributed by atoms with E-state index in [-0.39, 0.29) is 5.91 Å². The second-order valence-electron chi connectivity index (χ2n) is 7.96. The molecule has 0 atom stereocenters. The number of hydrogen-bond donors (Lipinski definition) is 0. The standard InChI is InChI=1S/C24H25N5O3S2/c1-31-19-7-3-2-6-17(19)23-25-18(16-34-23)24(30)29-13-11-28(12-14-29)10-4-9-21-26-22(27-32-21)20-8-5-15-33-20/h2-3,5-8,15-16H,4,9-14H2,1H3. The molecule has 1 aliphatic rings. The second-order valence-corrected chi connectivity index (χ2v) is 9.77. The first-order valence-electron chi connectivity index (χ1n) is 11.2. The van der Waals surface area contributed by atoms with Crippen LogP contribution in [-0.4, -0.2) is 70.7 Å². The summed E-state index contributed by atoms with van der Waals surface area (Å²) in [7, 11) is 1.64. The lowest BCUT2D eigenvalue weighted by Crippen LogP contribution is -2.49. The van der Waals surface area contributed by atoms with Crippen molar-refractivity contribution in [2.45, 2.75) is 12.8 Å². The zero-order valence-corrected chi connectivity index (χ0v) is 20.5. The molecule has 1 aromatic carbocycles. The molecule has 0 bridgehead atoms. The van der Waals surface area contributed by atoms with Gasteiger partial charge in [0.2, 0.25) is 11.7 Å². The van der Waals surface area contributed by atoms with Gasteiger partial charge in [0.05, 0.1) is 17.6 Å². The van der Waals surface area contributed by atoms with Gasteiger partial charge in [0.1, 0.15) is 16.5 Å². The molecule has 1 aliphatic heterocycles. The molecule has 5 rings (SSSR count). The molecule has 0 spiro atoms. The highest BCUT2D eigenvalue weighted by molar-refractivity contribution is 7.13. The third kappa shape index (κ3) is 5.03. The van der Waals surface area contributed by atoms with Crippen LogP contribution in [0.25, 0.3) is 21.3 Å². The smallest absolute Gasteiger partial charge is 0.273 e. The van der Waals surface area contributed by atoms with E-state index in [4.69, 9.17) is 9.26 Å². The van der Waals surface area contributed by atoms with E-state index in [2.05, 4.69) is 20.0 Å². The molecule has 176 valence electrons. The maximum Gasteiger partial charge on any atom is 0.273 e. The number of para-hydroxylation sites is 1. The molecule has 1 saturated heterocycles. The first kappa shape index (κ1) is 22.7. The summed E-state index contributed by atoms with van der Waals surface area (Å²) in [4.78, 5) is 27.4. The van der Waals surface area contributed by atoms with E-state index >= 15 is 0 Å². The molecule has 0 unspecified atom stereocenters. The van der Waals surface area contributed by atoms with Gasteiger partial charge >= 0.3 is 0 Å². The molecule has 8 nitrogen and oxygen atoms in total. The molecule has 4 aromatic rings. The van der Waals surface area contributed by atoms with Crippen LogP contribution in [0.15, 0.2) is 51.7 Å². The molecule has 1 amide bonds. The first-order valence-corrected chi connectivity index (χ1v) is 12.9. The monoisotopic (exact) mass is 495 g/mol. The van der Waals surface area contributed by atoms with Crippen LogP contribution in [0.4, 0.5) is 0 Å². The highest BCUT2D eigenvalue weighted by Gasteiger charge is 2.24. The van der Waals surface area contributed by atoms with E-state index in [9.17, 15) is 4.79 Å². The Morgan fingerprint density at radius 2 is 1.94 bits per heavy atom. The molecule has 0 saturated carbocycles. The van der Waals surface area contributed by atoms with Gasteiger partial charge in [-0.3, -0.25) is 9.69 Å². The Balaban J connectivity index is 1.10. The van der Waals surface area contributed by atoms with Gasteiger partial charge in [-0.25, -0.2) is 4.98 Å². The summed E-state index contributed by atoms with van der Waals surface area (Å²) >= 11 is 3.07. The Morgan fingerprint density at radius 3 is 2.74 bits per heavy atom. The number of carbonyl (C=O) groups is 1. The van der Waals surface area contributed by atoms with Crippen molar-refractivity contribution in [3.05, 3.63) is 58.7 Å². The van der Waals surface area contributed by atoms with E-state index in [0.29, 0.717) is 30.5 Å². The van der Waals surface area contributed by atoms with Crippen molar-refractivity contribution in [2.75, 3.05) is 39.8 Å². The maximum absolute atomic E-state index is 13.0. The molecule has 34 heavy (non-hydrogen) atoms. The van der Waals surface area contributed by atoms with Crippen LogP contribution in [0.5, 0.6) is 5.75 Å². The van der Waals surface area contributed by atoms with Crippen molar-refractivity contribution < 1.29 is 14.1 Å². The van der Waals surface area contributed by atoms with Gasteiger partial charge in [0.25, 0.3) is 5.91 Å². The Labute approximate surface area is 205 Å². The predicted molar refractivity (Wildman–Crippen MR) is 132 cm³/mol. The van der Waals surface area contributed by atoms with Crippen LogP contribution in [0.3, 0.4) is 0 Å².